The Bertz CT molecular complexity index is 1690. The summed E-state index contributed by atoms with van der Waals surface area (Å²) >= 11 is 1.09. The quantitative estimate of drug-likeness (QED) is 0.218. The summed E-state index contributed by atoms with van der Waals surface area (Å²) in [6, 6.07) is 9.00. The van der Waals surface area contributed by atoms with E-state index in [2.05, 4.69) is 4.99 Å². The molecule has 2 heterocycles. The number of carbonyl (C=O) groups excluding carboxylic acids is 1. The molecule has 0 N–H and O–H groups in total. The van der Waals surface area contributed by atoms with Gasteiger partial charge in [0.15, 0.2) is 4.80 Å². The lowest BCUT2D eigenvalue weighted by Gasteiger charge is -2.26. The number of nitrogens with zero attached hydrogens (tertiary/aromatic N) is 3. The molecule has 40 heavy (non-hydrogen) atoms. The number of hydrogen-bond acceptors (Lipinski definition) is 10. The van der Waals surface area contributed by atoms with E-state index >= 15 is 0 Å². The molecule has 210 valence electrons. The average Bonchev–Trinajstić information content (AvgIpc) is 3.21. The van der Waals surface area contributed by atoms with Gasteiger partial charge in [0, 0.05) is 23.3 Å². The first kappa shape index (κ1) is 28.6. The molecule has 0 bridgehead atoms. The highest BCUT2D eigenvalue weighted by atomic mass is 32.1. The van der Waals surface area contributed by atoms with Crippen molar-refractivity contribution < 1.29 is 28.7 Å². The molecule has 3 aromatic rings. The molecule has 0 fully saturated rings. The number of carbonyl (C=O) groups is 1. The summed E-state index contributed by atoms with van der Waals surface area (Å²) in [7, 11) is 2.74. The largest absolute Gasteiger partial charge is 0.496 e. The van der Waals surface area contributed by atoms with E-state index in [0.717, 1.165) is 11.3 Å². The zero-order chi connectivity index (χ0) is 29.1. The van der Waals surface area contributed by atoms with Crippen LogP contribution in [-0.2, 0) is 9.53 Å². The molecule has 2 aromatic carbocycles. The number of ether oxygens (including phenoxy) is 4. The van der Waals surface area contributed by atoms with Crippen LogP contribution in [0.3, 0.4) is 0 Å². The molecular weight excluding hydrogens is 538 g/mol. The van der Waals surface area contributed by atoms with Gasteiger partial charge in [-0.15, -0.1) is 0 Å². The van der Waals surface area contributed by atoms with Crippen LogP contribution >= 0.6 is 11.3 Å². The highest BCUT2D eigenvalue weighted by Gasteiger charge is 2.35. The van der Waals surface area contributed by atoms with E-state index in [1.807, 2.05) is 19.9 Å². The van der Waals surface area contributed by atoms with Crippen molar-refractivity contribution in [2.45, 2.75) is 39.8 Å². The van der Waals surface area contributed by atoms with E-state index in [1.165, 1.54) is 37.0 Å². The highest BCUT2D eigenvalue weighted by molar-refractivity contribution is 7.07. The zero-order valence-corrected chi connectivity index (χ0v) is 23.7. The summed E-state index contributed by atoms with van der Waals surface area (Å²) in [6.45, 7) is 7.31. The average molecular weight is 568 g/mol. The van der Waals surface area contributed by atoms with Crippen LogP contribution in [0.15, 0.2) is 57.5 Å². The number of nitro benzene ring substituents is 1. The summed E-state index contributed by atoms with van der Waals surface area (Å²) in [4.78, 5) is 43.2. The van der Waals surface area contributed by atoms with Crippen LogP contribution in [0.4, 0.5) is 5.69 Å². The molecule has 0 unspecified atom stereocenters. The van der Waals surface area contributed by atoms with Crippen LogP contribution in [-0.4, -0.2) is 42.4 Å². The molecule has 1 aromatic heterocycles. The molecule has 0 spiro atoms. The molecule has 11 nitrogen and oxygen atoms in total. The summed E-state index contributed by atoms with van der Waals surface area (Å²) in [5.74, 6) is 0.233. The number of allylic oxidation sites excluding steroid dienone is 1. The van der Waals surface area contributed by atoms with Gasteiger partial charge in [0.25, 0.3) is 5.56 Å². The minimum Gasteiger partial charge on any atom is -0.496 e. The number of fused-ring (bicyclic) bond motifs is 1. The number of aromatic nitrogens is 1. The molecule has 4 rings (SSSR count). The van der Waals surface area contributed by atoms with Gasteiger partial charge in [0.1, 0.15) is 17.5 Å². The Hall–Kier alpha value is -4.45. The lowest BCUT2D eigenvalue weighted by molar-refractivity contribution is -0.385. The Morgan fingerprint density at radius 1 is 1.18 bits per heavy atom. The number of para-hydroxylation sites is 1. The Kier molecular flexibility index (Phi) is 8.38. The van der Waals surface area contributed by atoms with Gasteiger partial charge in [-0.2, -0.15) is 0 Å². The number of thiazole rings is 1. The third kappa shape index (κ3) is 5.34. The van der Waals surface area contributed by atoms with E-state index in [4.69, 9.17) is 18.9 Å². The summed E-state index contributed by atoms with van der Waals surface area (Å²) in [6.07, 6.45) is 1.35. The van der Waals surface area contributed by atoms with Gasteiger partial charge in [-0.3, -0.25) is 19.5 Å². The van der Waals surface area contributed by atoms with Crippen LogP contribution in [0.1, 0.15) is 44.9 Å². The van der Waals surface area contributed by atoms with Crippen LogP contribution in [0.25, 0.3) is 6.08 Å². The maximum Gasteiger partial charge on any atom is 0.338 e. The van der Waals surface area contributed by atoms with Crippen molar-refractivity contribution in [2.24, 2.45) is 4.99 Å². The van der Waals surface area contributed by atoms with Crippen molar-refractivity contribution >= 4 is 29.1 Å². The lowest BCUT2D eigenvalue weighted by atomic mass is 9.95. The first-order chi connectivity index (χ1) is 19.1. The standard InChI is InChI=1S/C28H29N3O8S/c1-7-38-27(33)24-16(4)29-28-30(25(24)18-10-8-9-11-20(18)39-15(2)3)26(32)23(40-28)13-17-12-19(31(34)35)22(37-6)14-21(17)36-5/h8-15,25H,7H2,1-6H3/b23-13+/t25-/m0/s1. The molecule has 0 aliphatic carbocycles. The Balaban J connectivity index is 2.01. The van der Waals surface area contributed by atoms with Crippen molar-refractivity contribution in [3.8, 4) is 17.2 Å². The van der Waals surface area contributed by atoms with E-state index < -0.39 is 22.5 Å². The molecule has 1 aliphatic rings. The normalized spacial score (nSPS) is 15.0. The molecule has 0 saturated carbocycles. The number of esters is 1. The van der Waals surface area contributed by atoms with Gasteiger partial charge in [0.05, 0.1) is 47.7 Å². The topological polar surface area (TPSA) is 131 Å². The zero-order valence-electron chi connectivity index (χ0n) is 22.9. The number of methoxy groups -OCH3 is 2. The van der Waals surface area contributed by atoms with Crippen LogP contribution < -0.4 is 29.1 Å². The summed E-state index contributed by atoms with van der Waals surface area (Å²) in [5, 5.41) is 11.6. The van der Waals surface area contributed by atoms with Crippen molar-refractivity contribution in [1.82, 2.24) is 4.57 Å². The van der Waals surface area contributed by atoms with E-state index in [0.29, 0.717) is 27.4 Å². The Morgan fingerprint density at radius 3 is 2.50 bits per heavy atom. The monoisotopic (exact) mass is 567 g/mol. The third-order valence-corrected chi connectivity index (χ3v) is 7.09. The predicted octanol–water partition coefficient (Wildman–Crippen LogP) is 3.51. The van der Waals surface area contributed by atoms with Gasteiger partial charge < -0.3 is 18.9 Å². The van der Waals surface area contributed by atoms with Crippen LogP contribution in [0.2, 0.25) is 0 Å². The first-order valence-corrected chi connectivity index (χ1v) is 13.3. The Labute approximate surface area is 233 Å². The fourth-order valence-electron chi connectivity index (χ4n) is 4.46. The molecule has 0 amide bonds. The van der Waals surface area contributed by atoms with Gasteiger partial charge in [0.2, 0.25) is 5.75 Å². The lowest BCUT2D eigenvalue weighted by Crippen LogP contribution is -2.40. The van der Waals surface area contributed by atoms with Crippen LogP contribution in [0.5, 0.6) is 17.2 Å². The predicted molar refractivity (Wildman–Crippen MR) is 149 cm³/mol. The van der Waals surface area contributed by atoms with Crippen molar-refractivity contribution in [2.75, 3.05) is 20.8 Å². The van der Waals surface area contributed by atoms with E-state index in [-0.39, 0.29) is 40.0 Å². The fraction of sp³-hybridized carbons (Fsp3) is 0.321. The van der Waals surface area contributed by atoms with Crippen molar-refractivity contribution in [3.05, 3.63) is 88.6 Å². The second-order valence-electron chi connectivity index (χ2n) is 9.03. The molecule has 1 aliphatic heterocycles. The van der Waals surface area contributed by atoms with E-state index in [1.54, 1.807) is 32.0 Å². The maximum absolute atomic E-state index is 14.0. The smallest absolute Gasteiger partial charge is 0.338 e. The molecular formula is C28H29N3O8S. The van der Waals surface area contributed by atoms with Gasteiger partial charge in [-0.05, 0) is 39.8 Å². The fourth-order valence-corrected chi connectivity index (χ4v) is 5.49. The number of nitro groups is 1. The Morgan fingerprint density at radius 2 is 1.88 bits per heavy atom. The van der Waals surface area contributed by atoms with Gasteiger partial charge >= 0.3 is 11.7 Å². The van der Waals surface area contributed by atoms with Gasteiger partial charge in [-0.25, -0.2) is 9.79 Å². The molecule has 12 heteroatoms. The van der Waals surface area contributed by atoms with Crippen molar-refractivity contribution in [3.63, 3.8) is 0 Å². The summed E-state index contributed by atoms with van der Waals surface area (Å²) in [5.41, 5.74) is 0.815. The molecule has 0 saturated heterocycles. The number of rotatable bonds is 9. The minimum absolute atomic E-state index is 0.0249. The van der Waals surface area contributed by atoms with Crippen LogP contribution in [0, 0.1) is 10.1 Å². The third-order valence-electron chi connectivity index (χ3n) is 6.11. The SMILES string of the molecule is CCOC(=O)C1=C(C)N=c2s/c(=C/c3cc([N+](=O)[O-])c(OC)cc3OC)c(=O)n2[C@H]1c1ccccc1OC(C)C. The number of hydrogen-bond donors (Lipinski definition) is 0. The first-order valence-electron chi connectivity index (χ1n) is 12.5. The maximum atomic E-state index is 14.0. The summed E-state index contributed by atoms with van der Waals surface area (Å²) < 4.78 is 23.6. The van der Waals surface area contributed by atoms with Crippen molar-refractivity contribution in [1.29, 1.82) is 0 Å². The number of benzene rings is 2. The molecule has 0 radical (unpaired) electrons. The molecule has 1 atom stereocenters. The highest BCUT2D eigenvalue weighted by Crippen LogP contribution is 2.37. The van der Waals surface area contributed by atoms with E-state index in [9.17, 15) is 19.7 Å². The minimum atomic E-state index is -0.875. The second-order valence-corrected chi connectivity index (χ2v) is 10.0. The van der Waals surface area contributed by atoms with Gasteiger partial charge in [-0.1, -0.05) is 29.5 Å². The second kappa shape index (κ2) is 11.7.